The molecule has 0 aromatic carbocycles. The molecule has 1 heterocycles. The molecule has 6 atom stereocenters. The molecule has 7 rings (SSSR count). The van der Waals surface area contributed by atoms with Crippen molar-refractivity contribution < 1.29 is 19.1 Å². The summed E-state index contributed by atoms with van der Waals surface area (Å²) < 4.78 is 12.1. The summed E-state index contributed by atoms with van der Waals surface area (Å²) in [5, 5.41) is 0. The Labute approximate surface area is 155 Å². The van der Waals surface area contributed by atoms with Crippen LogP contribution >= 0.6 is 0 Å². The van der Waals surface area contributed by atoms with Gasteiger partial charge in [0, 0.05) is 5.92 Å². The van der Waals surface area contributed by atoms with Gasteiger partial charge in [0.15, 0.2) is 0 Å². The summed E-state index contributed by atoms with van der Waals surface area (Å²) in [5.41, 5.74) is -0.252. The summed E-state index contributed by atoms with van der Waals surface area (Å²) in [6.45, 7) is 4.36. The van der Waals surface area contributed by atoms with Gasteiger partial charge in [0.25, 0.3) is 0 Å². The van der Waals surface area contributed by atoms with Gasteiger partial charge in [-0.1, -0.05) is 13.8 Å². The van der Waals surface area contributed by atoms with Crippen LogP contribution in [-0.4, -0.2) is 23.6 Å². The fourth-order valence-corrected chi connectivity index (χ4v) is 8.76. The first-order valence-electron chi connectivity index (χ1n) is 10.9. The lowest BCUT2D eigenvalue weighted by molar-refractivity contribution is -0.217. The molecular weight excluding hydrogens is 328 g/mol. The largest absolute Gasteiger partial charge is 0.462 e. The normalized spacial score (nSPS) is 58.3. The minimum Gasteiger partial charge on any atom is -0.462 e. The summed E-state index contributed by atoms with van der Waals surface area (Å²) in [6, 6.07) is 0. The van der Waals surface area contributed by atoms with Crippen LogP contribution in [0, 0.1) is 53.3 Å². The summed E-state index contributed by atoms with van der Waals surface area (Å²) in [7, 11) is 0. The quantitative estimate of drug-likeness (QED) is 0.724. The number of hydrogen-bond donors (Lipinski definition) is 0. The third-order valence-electron chi connectivity index (χ3n) is 9.63. The van der Waals surface area contributed by atoms with Crippen LogP contribution in [0.2, 0.25) is 0 Å². The summed E-state index contributed by atoms with van der Waals surface area (Å²) in [4.78, 5) is 25.8. The van der Waals surface area contributed by atoms with Crippen LogP contribution in [0.5, 0.6) is 0 Å². The third-order valence-corrected chi connectivity index (χ3v) is 9.63. The van der Waals surface area contributed by atoms with Crippen molar-refractivity contribution in [2.45, 2.75) is 70.5 Å². The van der Waals surface area contributed by atoms with E-state index < -0.39 is 0 Å². The minimum absolute atomic E-state index is 0.0582. The number of fused-ring (bicyclic) bond motifs is 1. The Morgan fingerprint density at radius 2 is 1.73 bits per heavy atom. The summed E-state index contributed by atoms with van der Waals surface area (Å²) >= 11 is 0. The molecule has 4 nitrogen and oxygen atoms in total. The second-order valence-corrected chi connectivity index (χ2v) is 10.4. The molecule has 5 unspecified atom stereocenters. The van der Waals surface area contributed by atoms with Crippen molar-refractivity contribution in [1.29, 1.82) is 0 Å². The maximum Gasteiger partial charge on any atom is 0.310 e. The average Bonchev–Trinajstić information content (AvgIpc) is 3.22. The summed E-state index contributed by atoms with van der Waals surface area (Å²) in [5.74, 6) is 2.99. The van der Waals surface area contributed by atoms with Crippen LogP contribution in [0.25, 0.3) is 0 Å². The van der Waals surface area contributed by atoms with Gasteiger partial charge in [0.05, 0.1) is 11.8 Å². The van der Waals surface area contributed by atoms with Gasteiger partial charge in [-0.05, 0) is 80.5 Å². The Balaban J connectivity index is 1.29. The molecule has 6 saturated carbocycles. The van der Waals surface area contributed by atoms with Gasteiger partial charge < -0.3 is 9.47 Å². The first-order valence-corrected chi connectivity index (χ1v) is 10.9. The number of carbonyl (C=O) groups is 2. The molecule has 6 aliphatic carbocycles. The molecule has 7 fully saturated rings. The highest BCUT2D eigenvalue weighted by Crippen LogP contribution is 2.63. The van der Waals surface area contributed by atoms with Gasteiger partial charge in [-0.3, -0.25) is 9.59 Å². The molecule has 0 aromatic rings. The molecule has 26 heavy (non-hydrogen) atoms. The molecule has 0 spiro atoms. The number of rotatable bonds is 3. The van der Waals surface area contributed by atoms with Crippen molar-refractivity contribution in [3.8, 4) is 0 Å². The van der Waals surface area contributed by atoms with E-state index in [1.54, 1.807) is 0 Å². The fraction of sp³-hybridized carbons (Fsp3) is 0.909. The predicted octanol–water partition coefficient (Wildman–Crippen LogP) is 3.58. The first kappa shape index (κ1) is 15.9. The average molecular weight is 358 g/mol. The van der Waals surface area contributed by atoms with E-state index in [1.165, 1.54) is 32.1 Å². The van der Waals surface area contributed by atoms with Crippen molar-refractivity contribution in [2.75, 3.05) is 0 Å². The molecule has 1 saturated heterocycles. The highest BCUT2D eigenvalue weighted by molar-refractivity contribution is 5.86. The standard InChI is InChI=1S/C22H30O4/c1-3-22(13-5-11-4-12(7-13)8-14(22)6-11)26-21(24)17-15-9-16-18(17)20(23)25-19(16)10(15)2/h10-19H,3-9H2,1-2H3/t10?,11?,12?,13?,14?,15?,16?,17-,18?,19?,22?/m1/s1. The van der Waals surface area contributed by atoms with Crippen molar-refractivity contribution in [3.63, 3.8) is 0 Å². The highest BCUT2D eigenvalue weighted by atomic mass is 16.6. The first-order chi connectivity index (χ1) is 12.5. The Morgan fingerprint density at radius 3 is 2.35 bits per heavy atom. The van der Waals surface area contributed by atoms with Gasteiger partial charge in [0.2, 0.25) is 0 Å². The number of esters is 2. The van der Waals surface area contributed by atoms with E-state index in [2.05, 4.69) is 13.8 Å². The predicted molar refractivity (Wildman–Crippen MR) is 93.8 cm³/mol. The van der Waals surface area contributed by atoms with E-state index in [0.717, 1.165) is 24.7 Å². The van der Waals surface area contributed by atoms with Crippen molar-refractivity contribution in [2.24, 2.45) is 53.3 Å². The molecule has 0 radical (unpaired) electrons. The topological polar surface area (TPSA) is 52.6 Å². The SMILES string of the molecule is CCC1(OC(=O)[C@@H]2C3CC4C(OC(=O)C42)C3C)C2CC3CC(C2)CC1C3. The van der Waals surface area contributed by atoms with Crippen LogP contribution in [0.4, 0.5) is 0 Å². The van der Waals surface area contributed by atoms with Crippen LogP contribution in [-0.2, 0) is 19.1 Å². The van der Waals surface area contributed by atoms with Crippen molar-refractivity contribution >= 4 is 11.9 Å². The lowest BCUT2D eigenvalue weighted by Gasteiger charge is -2.60. The van der Waals surface area contributed by atoms with Gasteiger partial charge in [0.1, 0.15) is 11.7 Å². The zero-order valence-corrected chi connectivity index (χ0v) is 15.9. The van der Waals surface area contributed by atoms with Gasteiger partial charge in [-0.25, -0.2) is 0 Å². The van der Waals surface area contributed by atoms with Gasteiger partial charge >= 0.3 is 11.9 Å². The number of carbonyl (C=O) groups excluding carboxylic acids is 2. The molecule has 0 aromatic heterocycles. The smallest absolute Gasteiger partial charge is 0.310 e. The molecule has 6 bridgehead atoms. The Kier molecular flexibility index (Phi) is 3.10. The second kappa shape index (κ2) is 5.05. The maximum atomic E-state index is 13.4. The fourth-order valence-electron chi connectivity index (χ4n) is 8.76. The zero-order valence-electron chi connectivity index (χ0n) is 15.9. The van der Waals surface area contributed by atoms with E-state index in [0.29, 0.717) is 17.8 Å². The monoisotopic (exact) mass is 358 g/mol. The van der Waals surface area contributed by atoms with Crippen molar-refractivity contribution in [1.82, 2.24) is 0 Å². The van der Waals surface area contributed by atoms with E-state index in [4.69, 9.17) is 9.47 Å². The molecular formula is C22H30O4. The third kappa shape index (κ3) is 1.77. The Morgan fingerprint density at radius 1 is 1.08 bits per heavy atom. The summed E-state index contributed by atoms with van der Waals surface area (Å²) in [6.07, 6.45) is 8.34. The van der Waals surface area contributed by atoms with Crippen LogP contribution in [0.3, 0.4) is 0 Å². The molecule has 7 aliphatic rings. The Hall–Kier alpha value is -1.06. The zero-order chi connectivity index (χ0) is 17.8. The molecule has 0 amide bonds. The van der Waals surface area contributed by atoms with E-state index >= 15 is 0 Å². The van der Waals surface area contributed by atoms with Gasteiger partial charge in [-0.15, -0.1) is 0 Å². The maximum absolute atomic E-state index is 13.4. The number of ether oxygens (including phenoxy) is 2. The van der Waals surface area contributed by atoms with E-state index in [1.807, 2.05) is 0 Å². The van der Waals surface area contributed by atoms with E-state index in [-0.39, 0.29) is 47.3 Å². The number of hydrogen-bond acceptors (Lipinski definition) is 4. The highest BCUT2D eigenvalue weighted by Gasteiger charge is 2.68. The second-order valence-electron chi connectivity index (χ2n) is 10.4. The van der Waals surface area contributed by atoms with Crippen LogP contribution in [0.15, 0.2) is 0 Å². The van der Waals surface area contributed by atoms with Crippen LogP contribution < -0.4 is 0 Å². The Bertz CT molecular complexity index is 641. The van der Waals surface area contributed by atoms with Crippen LogP contribution in [0.1, 0.15) is 58.8 Å². The lowest BCUT2D eigenvalue weighted by Crippen LogP contribution is -2.60. The minimum atomic E-state index is -0.252. The molecule has 4 heteroatoms. The van der Waals surface area contributed by atoms with Gasteiger partial charge in [-0.2, -0.15) is 0 Å². The molecule has 142 valence electrons. The van der Waals surface area contributed by atoms with Crippen molar-refractivity contribution in [3.05, 3.63) is 0 Å². The lowest BCUT2D eigenvalue weighted by atomic mass is 9.49. The van der Waals surface area contributed by atoms with E-state index in [9.17, 15) is 9.59 Å². The molecule has 0 N–H and O–H groups in total. The molecule has 1 aliphatic heterocycles.